The van der Waals surface area contributed by atoms with Crippen LogP contribution in [0.5, 0.6) is 0 Å². The van der Waals surface area contributed by atoms with Gasteiger partial charge < -0.3 is 5.32 Å². The molecule has 1 N–H and O–H groups in total. The highest BCUT2D eigenvalue weighted by Crippen LogP contribution is 2.17. The van der Waals surface area contributed by atoms with E-state index in [4.69, 9.17) is 11.6 Å². The third-order valence-electron chi connectivity index (χ3n) is 2.93. The van der Waals surface area contributed by atoms with Gasteiger partial charge in [0.1, 0.15) is 0 Å². The molecule has 16 heavy (non-hydrogen) atoms. The number of halogens is 1. The standard InChI is InChI=1S/C13H21ClN2/c1-3-11(4-2)13(14)10-15-9-12-7-5-6-8-16-12/h5-8,11,13,15H,3-4,9-10H2,1-2H3. The molecule has 0 aliphatic heterocycles. The third kappa shape index (κ3) is 4.50. The van der Waals surface area contributed by atoms with Gasteiger partial charge in [-0.15, -0.1) is 11.6 Å². The van der Waals surface area contributed by atoms with Crippen molar-refractivity contribution >= 4 is 11.6 Å². The lowest BCUT2D eigenvalue weighted by Gasteiger charge is -2.19. The average Bonchev–Trinajstić information content (AvgIpc) is 2.32. The van der Waals surface area contributed by atoms with Crippen LogP contribution in [-0.2, 0) is 6.54 Å². The van der Waals surface area contributed by atoms with Crippen LogP contribution in [0, 0.1) is 5.92 Å². The van der Waals surface area contributed by atoms with Crippen LogP contribution in [0.4, 0.5) is 0 Å². The van der Waals surface area contributed by atoms with E-state index >= 15 is 0 Å². The predicted molar refractivity (Wildman–Crippen MR) is 69.7 cm³/mol. The molecule has 0 aliphatic carbocycles. The van der Waals surface area contributed by atoms with Crippen LogP contribution in [0.3, 0.4) is 0 Å². The van der Waals surface area contributed by atoms with Gasteiger partial charge in [0.15, 0.2) is 0 Å². The molecule has 0 saturated carbocycles. The Balaban J connectivity index is 2.25. The Morgan fingerprint density at radius 2 is 2.06 bits per heavy atom. The van der Waals surface area contributed by atoms with Crippen molar-refractivity contribution in [2.24, 2.45) is 5.92 Å². The Kier molecular flexibility index (Phi) is 6.43. The molecule has 0 aromatic carbocycles. The molecule has 3 heteroatoms. The first-order chi connectivity index (χ1) is 7.77. The van der Waals surface area contributed by atoms with Crippen molar-refractivity contribution in [1.82, 2.24) is 10.3 Å². The lowest BCUT2D eigenvalue weighted by Crippen LogP contribution is -2.28. The highest BCUT2D eigenvalue weighted by Gasteiger charge is 2.14. The van der Waals surface area contributed by atoms with Crippen molar-refractivity contribution in [3.05, 3.63) is 30.1 Å². The van der Waals surface area contributed by atoms with Crippen molar-refractivity contribution in [1.29, 1.82) is 0 Å². The summed E-state index contributed by atoms with van der Waals surface area (Å²) in [7, 11) is 0. The van der Waals surface area contributed by atoms with Crippen LogP contribution in [0.25, 0.3) is 0 Å². The third-order valence-corrected chi connectivity index (χ3v) is 3.44. The van der Waals surface area contributed by atoms with Crippen molar-refractivity contribution < 1.29 is 0 Å². The molecular weight excluding hydrogens is 220 g/mol. The fourth-order valence-electron chi connectivity index (χ4n) is 1.81. The Morgan fingerprint density at radius 1 is 1.31 bits per heavy atom. The van der Waals surface area contributed by atoms with Crippen molar-refractivity contribution in [3.63, 3.8) is 0 Å². The molecule has 1 aromatic rings. The van der Waals surface area contributed by atoms with Crippen molar-refractivity contribution in [2.45, 2.75) is 38.6 Å². The smallest absolute Gasteiger partial charge is 0.0541 e. The van der Waals surface area contributed by atoms with Gasteiger partial charge in [-0.3, -0.25) is 4.98 Å². The SMILES string of the molecule is CCC(CC)C(Cl)CNCc1ccccn1. The summed E-state index contributed by atoms with van der Waals surface area (Å²) in [6, 6.07) is 5.95. The maximum absolute atomic E-state index is 6.33. The molecule has 2 nitrogen and oxygen atoms in total. The van der Waals surface area contributed by atoms with Gasteiger partial charge in [0.05, 0.1) is 5.69 Å². The fraction of sp³-hybridized carbons (Fsp3) is 0.615. The van der Waals surface area contributed by atoms with Crippen LogP contribution in [0.2, 0.25) is 0 Å². The second-order valence-electron chi connectivity index (χ2n) is 4.04. The number of nitrogens with one attached hydrogen (secondary N) is 1. The second kappa shape index (κ2) is 7.64. The van der Waals surface area contributed by atoms with Crippen LogP contribution < -0.4 is 5.32 Å². The van der Waals surface area contributed by atoms with Gasteiger partial charge in [0.2, 0.25) is 0 Å². The maximum Gasteiger partial charge on any atom is 0.0541 e. The first kappa shape index (κ1) is 13.5. The number of aromatic nitrogens is 1. The van der Waals surface area contributed by atoms with E-state index in [1.54, 1.807) is 0 Å². The number of rotatable bonds is 7. The second-order valence-corrected chi connectivity index (χ2v) is 4.61. The van der Waals surface area contributed by atoms with Gasteiger partial charge in [0.25, 0.3) is 0 Å². The zero-order valence-electron chi connectivity index (χ0n) is 10.1. The molecule has 0 aliphatic rings. The van der Waals surface area contributed by atoms with Gasteiger partial charge in [-0.25, -0.2) is 0 Å². The summed E-state index contributed by atoms with van der Waals surface area (Å²) in [5.74, 6) is 0.609. The van der Waals surface area contributed by atoms with Gasteiger partial charge in [-0.05, 0) is 18.1 Å². The zero-order valence-corrected chi connectivity index (χ0v) is 10.9. The van der Waals surface area contributed by atoms with Gasteiger partial charge in [0, 0.05) is 24.7 Å². The van der Waals surface area contributed by atoms with E-state index in [2.05, 4.69) is 24.1 Å². The van der Waals surface area contributed by atoms with Crippen LogP contribution in [-0.4, -0.2) is 16.9 Å². The first-order valence-electron chi connectivity index (χ1n) is 6.02. The highest BCUT2D eigenvalue weighted by molar-refractivity contribution is 6.21. The van der Waals surface area contributed by atoms with E-state index in [0.717, 1.165) is 31.6 Å². The van der Waals surface area contributed by atoms with E-state index in [1.165, 1.54) is 0 Å². The van der Waals surface area contributed by atoms with E-state index in [1.807, 2.05) is 24.4 Å². The summed E-state index contributed by atoms with van der Waals surface area (Å²) >= 11 is 6.33. The van der Waals surface area contributed by atoms with Crippen LogP contribution >= 0.6 is 11.6 Å². The minimum Gasteiger partial charge on any atom is -0.310 e. The fourth-order valence-corrected chi connectivity index (χ4v) is 2.27. The Labute approximate surface area is 103 Å². The van der Waals surface area contributed by atoms with Gasteiger partial charge in [-0.1, -0.05) is 32.8 Å². The number of nitrogens with zero attached hydrogens (tertiary/aromatic N) is 1. The summed E-state index contributed by atoms with van der Waals surface area (Å²) < 4.78 is 0. The molecule has 0 bridgehead atoms. The molecule has 0 amide bonds. The summed E-state index contributed by atoms with van der Waals surface area (Å²) in [6.45, 7) is 6.04. The van der Waals surface area contributed by atoms with Crippen molar-refractivity contribution in [3.8, 4) is 0 Å². The van der Waals surface area contributed by atoms with Crippen molar-refractivity contribution in [2.75, 3.05) is 6.54 Å². The first-order valence-corrected chi connectivity index (χ1v) is 6.46. The van der Waals surface area contributed by atoms with Crippen LogP contribution in [0.15, 0.2) is 24.4 Å². The number of hydrogen-bond donors (Lipinski definition) is 1. The lowest BCUT2D eigenvalue weighted by molar-refractivity contribution is 0.445. The Bertz CT molecular complexity index is 273. The quantitative estimate of drug-likeness (QED) is 0.741. The average molecular weight is 241 g/mol. The zero-order chi connectivity index (χ0) is 11.8. The Morgan fingerprint density at radius 3 is 2.62 bits per heavy atom. The summed E-state index contributed by atoms with van der Waals surface area (Å²) in [5.41, 5.74) is 1.07. The molecule has 0 radical (unpaired) electrons. The predicted octanol–water partition coefficient (Wildman–Crippen LogP) is 3.21. The van der Waals surface area contributed by atoms with E-state index in [9.17, 15) is 0 Å². The normalized spacial score (nSPS) is 13.0. The monoisotopic (exact) mass is 240 g/mol. The number of hydrogen-bond acceptors (Lipinski definition) is 2. The summed E-state index contributed by atoms with van der Waals surface area (Å²) in [6.07, 6.45) is 4.11. The Hall–Kier alpha value is -0.600. The largest absolute Gasteiger partial charge is 0.310 e. The molecular formula is C13H21ClN2. The molecule has 0 saturated heterocycles. The minimum absolute atomic E-state index is 0.221. The molecule has 1 rings (SSSR count). The van der Waals surface area contributed by atoms with Crippen LogP contribution in [0.1, 0.15) is 32.4 Å². The molecule has 1 atom stereocenters. The summed E-state index contributed by atoms with van der Waals surface area (Å²) in [5, 5.41) is 3.58. The van der Waals surface area contributed by atoms with E-state index < -0.39 is 0 Å². The highest BCUT2D eigenvalue weighted by atomic mass is 35.5. The molecule has 1 unspecified atom stereocenters. The molecule has 1 heterocycles. The molecule has 1 aromatic heterocycles. The minimum atomic E-state index is 0.221. The van der Waals surface area contributed by atoms with E-state index in [0.29, 0.717) is 5.92 Å². The summed E-state index contributed by atoms with van der Waals surface area (Å²) in [4.78, 5) is 4.26. The topological polar surface area (TPSA) is 24.9 Å². The molecule has 0 spiro atoms. The number of alkyl halides is 1. The van der Waals surface area contributed by atoms with Gasteiger partial charge in [-0.2, -0.15) is 0 Å². The molecule has 90 valence electrons. The maximum atomic E-state index is 6.33. The van der Waals surface area contributed by atoms with Gasteiger partial charge >= 0.3 is 0 Å². The number of pyridine rings is 1. The van der Waals surface area contributed by atoms with E-state index in [-0.39, 0.29) is 5.38 Å². The lowest BCUT2D eigenvalue weighted by atomic mass is 9.99. The molecule has 0 fully saturated rings.